The van der Waals surface area contributed by atoms with Crippen molar-refractivity contribution in [2.75, 3.05) is 31.6 Å². The predicted molar refractivity (Wildman–Crippen MR) is 155 cm³/mol. The van der Waals surface area contributed by atoms with Crippen LogP contribution in [-0.4, -0.2) is 58.1 Å². The van der Waals surface area contributed by atoms with E-state index >= 15 is 0 Å². The number of hydrogen-bond acceptors (Lipinski definition) is 5. The number of aromatic amines is 1. The van der Waals surface area contributed by atoms with Gasteiger partial charge in [-0.05, 0) is 61.3 Å². The number of H-pyrrole nitrogens is 1. The smallest absolute Gasteiger partial charge is 0.258 e. The van der Waals surface area contributed by atoms with E-state index in [-0.39, 0.29) is 5.91 Å². The summed E-state index contributed by atoms with van der Waals surface area (Å²) in [4.78, 5) is 31.8. The first-order chi connectivity index (χ1) is 18.6. The Bertz CT molecular complexity index is 1190. The van der Waals surface area contributed by atoms with Crippen LogP contribution in [0.1, 0.15) is 60.4 Å². The molecule has 1 N–H and O–H groups in total. The van der Waals surface area contributed by atoms with Crippen molar-refractivity contribution in [1.29, 1.82) is 0 Å². The maximum atomic E-state index is 13.2. The number of carbonyl (C=O) groups excluding carboxylic acids is 1. The van der Waals surface area contributed by atoms with Gasteiger partial charge in [-0.3, -0.25) is 19.6 Å². The van der Waals surface area contributed by atoms with Crippen molar-refractivity contribution in [1.82, 2.24) is 19.8 Å². The van der Waals surface area contributed by atoms with Gasteiger partial charge < -0.3 is 9.88 Å². The summed E-state index contributed by atoms with van der Waals surface area (Å²) in [5.41, 5.74) is 5.16. The molecule has 1 aliphatic heterocycles. The average molecular weight is 513 g/mol. The normalized spacial score (nSPS) is 12.9. The number of amides is 1. The van der Waals surface area contributed by atoms with Crippen LogP contribution in [0.4, 0.5) is 5.69 Å². The summed E-state index contributed by atoms with van der Waals surface area (Å²) in [6.07, 6.45) is 10.8. The van der Waals surface area contributed by atoms with Gasteiger partial charge >= 0.3 is 0 Å². The van der Waals surface area contributed by atoms with E-state index in [2.05, 4.69) is 56.8 Å². The van der Waals surface area contributed by atoms with Crippen molar-refractivity contribution in [2.45, 2.75) is 52.7 Å². The highest BCUT2D eigenvalue weighted by Crippen LogP contribution is 2.19. The molecule has 7 nitrogen and oxygen atoms in total. The number of nitrogens with zero attached hydrogens (tertiary/aromatic N) is 5. The van der Waals surface area contributed by atoms with Crippen molar-refractivity contribution in [3.8, 4) is 0 Å². The SMILES string of the molecule is CCCN(CCC)Cc1ccc(N(C)C(=O)c2ccc(CN(CC3=NC=CC3)Cc3ncc[nH]3)cc2)cc1. The predicted octanol–water partition coefficient (Wildman–Crippen LogP) is 5.67. The summed E-state index contributed by atoms with van der Waals surface area (Å²) in [7, 11) is 1.84. The van der Waals surface area contributed by atoms with Crippen LogP contribution in [0.3, 0.4) is 0 Å². The van der Waals surface area contributed by atoms with Gasteiger partial charge in [-0.1, -0.05) is 44.2 Å². The molecule has 38 heavy (non-hydrogen) atoms. The lowest BCUT2D eigenvalue weighted by Crippen LogP contribution is -2.29. The lowest BCUT2D eigenvalue weighted by Gasteiger charge is -2.22. The van der Waals surface area contributed by atoms with E-state index in [1.165, 1.54) is 5.56 Å². The second-order valence-corrected chi connectivity index (χ2v) is 9.97. The molecule has 0 atom stereocenters. The maximum absolute atomic E-state index is 13.2. The summed E-state index contributed by atoms with van der Waals surface area (Å²) >= 11 is 0. The molecular weight excluding hydrogens is 472 g/mol. The fourth-order valence-corrected chi connectivity index (χ4v) is 4.83. The third-order valence-electron chi connectivity index (χ3n) is 6.77. The zero-order chi connectivity index (χ0) is 26.7. The van der Waals surface area contributed by atoms with Gasteiger partial charge in [-0.2, -0.15) is 0 Å². The molecule has 1 aromatic heterocycles. The van der Waals surface area contributed by atoms with Gasteiger partial charge in [0.1, 0.15) is 5.82 Å². The van der Waals surface area contributed by atoms with Crippen LogP contribution >= 0.6 is 0 Å². The van der Waals surface area contributed by atoms with E-state index < -0.39 is 0 Å². The molecule has 7 heteroatoms. The molecule has 0 unspecified atom stereocenters. The molecule has 4 rings (SSSR count). The highest BCUT2D eigenvalue weighted by atomic mass is 16.2. The van der Waals surface area contributed by atoms with E-state index in [0.29, 0.717) is 12.1 Å². The molecule has 2 aromatic carbocycles. The second-order valence-electron chi connectivity index (χ2n) is 9.97. The Morgan fingerprint density at radius 1 is 0.868 bits per heavy atom. The van der Waals surface area contributed by atoms with E-state index in [0.717, 1.165) is 74.8 Å². The molecule has 0 bridgehead atoms. The number of hydrogen-bond donors (Lipinski definition) is 1. The summed E-state index contributed by atoms with van der Waals surface area (Å²) in [6, 6.07) is 16.3. The van der Waals surface area contributed by atoms with Crippen LogP contribution in [0.15, 0.2) is 78.2 Å². The largest absolute Gasteiger partial charge is 0.348 e. The molecule has 0 saturated carbocycles. The Morgan fingerprint density at radius 3 is 2.11 bits per heavy atom. The second kappa shape index (κ2) is 13.8. The van der Waals surface area contributed by atoms with Crippen molar-refractivity contribution >= 4 is 17.3 Å². The number of benzene rings is 2. The number of nitrogens with one attached hydrogen (secondary N) is 1. The van der Waals surface area contributed by atoms with Gasteiger partial charge in [0.15, 0.2) is 0 Å². The van der Waals surface area contributed by atoms with E-state index in [9.17, 15) is 4.79 Å². The maximum Gasteiger partial charge on any atom is 0.258 e. The molecular formula is C31H40N6O. The van der Waals surface area contributed by atoms with Gasteiger partial charge in [-0.15, -0.1) is 0 Å². The summed E-state index contributed by atoms with van der Waals surface area (Å²) in [6.45, 7) is 9.84. The van der Waals surface area contributed by atoms with Crippen LogP contribution in [0.25, 0.3) is 0 Å². The number of anilines is 1. The fourth-order valence-electron chi connectivity index (χ4n) is 4.83. The quantitative estimate of drug-likeness (QED) is 0.302. The van der Waals surface area contributed by atoms with Crippen LogP contribution in [0.2, 0.25) is 0 Å². The Labute approximate surface area is 226 Å². The van der Waals surface area contributed by atoms with Gasteiger partial charge in [0.25, 0.3) is 5.91 Å². The molecule has 1 aliphatic rings. The van der Waals surface area contributed by atoms with Gasteiger partial charge in [0.05, 0.1) is 6.54 Å². The minimum atomic E-state index is -0.0123. The Balaban J connectivity index is 1.37. The molecule has 0 saturated heterocycles. The zero-order valence-electron chi connectivity index (χ0n) is 22.9. The monoisotopic (exact) mass is 512 g/mol. The highest BCUT2D eigenvalue weighted by molar-refractivity contribution is 6.05. The minimum Gasteiger partial charge on any atom is -0.348 e. The van der Waals surface area contributed by atoms with Crippen molar-refractivity contribution in [3.63, 3.8) is 0 Å². The van der Waals surface area contributed by atoms with Gasteiger partial charge in [-0.25, -0.2) is 4.98 Å². The van der Waals surface area contributed by atoms with Crippen molar-refractivity contribution < 1.29 is 4.79 Å². The summed E-state index contributed by atoms with van der Waals surface area (Å²) in [5, 5.41) is 0. The molecule has 3 aromatic rings. The third kappa shape index (κ3) is 7.73. The number of aliphatic imine (C=N–C) groups is 1. The molecule has 1 amide bonds. The van der Waals surface area contributed by atoms with E-state index in [4.69, 9.17) is 0 Å². The molecule has 2 heterocycles. The lowest BCUT2D eigenvalue weighted by molar-refractivity contribution is 0.0993. The van der Waals surface area contributed by atoms with Crippen LogP contribution in [0, 0.1) is 0 Å². The number of imidazole rings is 1. The Kier molecular flexibility index (Phi) is 10.0. The molecule has 0 spiro atoms. The Hall–Kier alpha value is -3.55. The molecule has 0 fully saturated rings. The number of aromatic nitrogens is 2. The zero-order valence-corrected chi connectivity index (χ0v) is 22.9. The summed E-state index contributed by atoms with van der Waals surface area (Å²) in [5.74, 6) is 0.918. The van der Waals surface area contributed by atoms with Gasteiger partial charge in [0, 0.05) is 68.7 Å². The van der Waals surface area contributed by atoms with Crippen LogP contribution < -0.4 is 4.90 Å². The minimum absolute atomic E-state index is 0.0123. The van der Waals surface area contributed by atoms with Crippen molar-refractivity contribution in [2.24, 2.45) is 4.99 Å². The first kappa shape index (κ1) is 27.5. The fraction of sp³-hybridized carbons (Fsp3) is 0.387. The van der Waals surface area contributed by atoms with E-state index in [1.54, 1.807) is 11.1 Å². The average Bonchev–Trinajstić information content (AvgIpc) is 3.64. The number of allylic oxidation sites excluding steroid dienone is 1. The first-order valence-electron chi connectivity index (χ1n) is 13.6. The van der Waals surface area contributed by atoms with Crippen molar-refractivity contribution in [3.05, 3.63) is 95.7 Å². The van der Waals surface area contributed by atoms with Gasteiger partial charge in [0.2, 0.25) is 0 Å². The topological polar surface area (TPSA) is 67.8 Å². The van der Waals surface area contributed by atoms with Crippen LogP contribution in [0.5, 0.6) is 0 Å². The summed E-state index contributed by atoms with van der Waals surface area (Å²) < 4.78 is 0. The van der Waals surface area contributed by atoms with Crippen LogP contribution in [-0.2, 0) is 19.6 Å². The molecule has 200 valence electrons. The highest BCUT2D eigenvalue weighted by Gasteiger charge is 2.16. The lowest BCUT2D eigenvalue weighted by atomic mass is 10.1. The molecule has 0 radical (unpaired) electrons. The first-order valence-corrected chi connectivity index (χ1v) is 13.6. The van der Waals surface area contributed by atoms with E-state index in [1.807, 2.05) is 55.8 Å². The number of carbonyl (C=O) groups is 1. The number of rotatable bonds is 14. The third-order valence-corrected chi connectivity index (χ3v) is 6.77. The Morgan fingerprint density at radius 2 is 1.53 bits per heavy atom. The molecule has 0 aliphatic carbocycles. The standard InChI is InChI=1S/C31H40N6O/c1-4-19-36(20-5-2)21-26-10-14-29(15-11-26)35(3)31(38)27-12-8-25(9-13-27)22-37(23-28-7-6-16-32-28)24-30-33-17-18-34-30/h6,8-18H,4-5,7,19-24H2,1-3H3,(H,33,34).